The molecule has 2 aliphatic carbocycles. The topological polar surface area (TPSA) is 20.3 Å². The summed E-state index contributed by atoms with van der Waals surface area (Å²) in [4.78, 5) is 15.5. The number of fused-ring (bicyclic) bond motifs is 3. The monoisotopic (exact) mass is 363 g/mol. The third kappa shape index (κ3) is 1.80. The molecule has 3 atom stereocenters. The van der Waals surface area contributed by atoms with Crippen molar-refractivity contribution in [3.8, 4) is 0 Å². The Labute approximate surface area is 165 Å². The van der Waals surface area contributed by atoms with Crippen molar-refractivity contribution < 1.29 is 4.79 Å². The van der Waals surface area contributed by atoms with Gasteiger partial charge in [-0.05, 0) is 35.2 Å². The Morgan fingerprint density at radius 1 is 0.857 bits per heavy atom. The molecule has 0 radical (unpaired) electrons. The maximum absolute atomic E-state index is 13.4. The highest BCUT2D eigenvalue weighted by Gasteiger charge is 2.77. The van der Waals surface area contributed by atoms with E-state index < -0.39 is 0 Å². The van der Waals surface area contributed by atoms with Crippen LogP contribution in [0.4, 0.5) is 0 Å². The molecule has 0 aromatic heterocycles. The van der Waals surface area contributed by atoms with E-state index in [0.717, 1.165) is 12.0 Å². The lowest BCUT2D eigenvalue weighted by Crippen LogP contribution is -2.41. The molecule has 3 aliphatic rings. The maximum Gasteiger partial charge on any atom is 0.254 e. The Hall–Kier alpha value is -3.13. The predicted molar refractivity (Wildman–Crippen MR) is 110 cm³/mol. The van der Waals surface area contributed by atoms with Gasteiger partial charge in [0.05, 0.1) is 6.04 Å². The van der Waals surface area contributed by atoms with Gasteiger partial charge in [0.15, 0.2) is 0 Å². The average molecular weight is 363 g/mol. The highest BCUT2D eigenvalue weighted by atomic mass is 16.2. The molecule has 1 amide bonds. The van der Waals surface area contributed by atoms with Crippen LogP contribution in [0.25, 0.3) is 0 Å². The van der Waals surface area contributed by atoms with E-state index in [0.29, 0.717) is 6.54 Å². The second-order valence-electron chi connectivity index (χ2n) is 8.20. The van der Waals surface area contributed by atoms with Gasteiger partial charge in [-0.2, -0.15) is 0 Å². The molecule has 1 aliphatic heterocycles. The summed E-state index contributed by atoms with van der Waals surface area (Å²) in [6.07, 6.45) is 5.67. The van der Waals surface area contributed by atoms with E-state index in [2.05, 4.69) is 71.6 Å². The molecule has 1 saturated carbocycles. The van der Waals surface area contributed by atoms with Crippen molar-refractivity contribution in [3.05, 3.63) is 119 Å². The SMILES string of the molecule is O=C(c1ccccc1)N1CC=CC23CC2(c2ccccc2)c2ccccc2C13. The molecular formula is C26H21NO. The first kappa shape index (κ1) is 15.9. The summed E-state index contributed by atoms with van der Waals surface area (Å²) in [7, 11) is 0. The van der Waals surface area contributed by atoms with Crippen LogP contribution < -0.4 is 0 Å². The third-order valence-corrected chi connectivity index (χ3v) is 7.01. The van der Waals surface area contributed by atoms with Crippen LogP contribution in [0.1, 0.15) is 39.5 Å². The van der Waals surface area contributed by atoms with Gasteiger partial charge in [-0.1, -0.05) is 84.9 Å². The van der Waals surface area contributed by atoms with Crippen LogP contribution in [0.5, 0.6) is 0 Å². The first-order valence-electron chi connectivity index (χ1n) is 9.97. The Balaban J connectivity index is 1.53. The summed E-state index contributed by atoms with van der Waals surface area (Å²) in [6, 6.07) is 29.4. The van der Waals surface area contributed by atoms with Gasteiger partial charge in [-0.25, -0.2) is 0 Å². The van der Waals surface area contributed by atoms with E-state index >= 15 is 0 Å². The Kier molecular flexibility index (Phi) is 3.09. The zero-order chi connectivity index (χ0) is 18.8. The second kappa shape index (κ2) is 5.45. The summed E-state index contributed by atoms with van der Waals surface area (Å²) in [5.74, 6) is 0.125. The molecule has 0 bridgehead atoms. The standard InChI is InChI=1S/C26H21NO/c28-24(19-10-3-1-4-11-19)27-17-9-16-25-18-26(25,20-12-5-2-6-13-20)22-15-8-7-14-21(22)23(25)27/h1-16,23H,17-18H2. The fourth-order valence-electron chi connectivity index (χ4n) is 5.89. The zero-order valence-electron chi connectivity index (χ0n) is 15.6. The lowest BCUT2D eigenvalue weighted by atomic mass is 9.83. The smallest absolute Gasteiger partial charge is 0.254 e. The molecule has 28 heavy (non-hydrogen) atoms. The van der Waals surface area contributed by atoms with Crippen LogP contribution in [-0.4, -0.2) is 17.4 Å². The summed E-state index contributed by atoms with van der Waals surface area (Å²) >= 11 is 0. The number of rotatable bonds is 2. The average Bonchev–Trinajstić information content (AvgIpc) is 3.36. The minimum atomic E-state index is -0.0271. The Bertz CT molecular complexity index is 1100. The normalized spacial score (nSPS) is 29.0. The van der Waals surface area contributed by atoms with Crippen LogP contribution in [0, 0.1) is 5.41 Å². The largest absolute Gasteiger partial charge is 0.327 e. The maximum atomic E-state index is 13.4. The quantitative estimate of drug-likeness (QED) is 0.578. The van der Waals surface area contributed by atoms with Crippen LogP contribution in [0.2, 0.25) is 0 Å². The Morgan fingerprint density at radius 2 is 1.54 bits per heavy atom. The van der Waals surface area contributed by atoms with Gasteiger partial charge in [0.1, 0.15) is 0 Å². The molecular weight excluding hydrogens is 342 g/mol. The van der Waals surface area contributed by atoms with Gasteiger partial charge in [0.2, 0.25) is 0 Å². The summed E-state index contributed by atoms with van der Waals surface area (Å²) in [6.45, 7) is 0.666. The number of benzene rings is 3. The van der Waals surface area contributed by atoms with Crippen molar-refractivity contribution in [2.24, 2.45) is 5.41 Å². The van der Waals surface area contributed by atoms with Crippen molar-refractivity contribution in [3.63, 3.8) is 0 Å². The van der Waals surface area contributed by atoms with E-state index in [9.17, 15) is 4.79 Å². The van der Waals surface area contributed by atoms with Crippen LogP contribution in [0.15, 0.2) is 97.1 Å². The van der Waals surface area contributed by atoms with Gasteiger partial charge >= 0.3 is 0 Å². The molecule has 3 aromatic rings. The van der Waals surface area contributed by atoms with Gasteiger partial charge in [0, 0.05) is 22.9 Å². The summed E-state index contributed by atoms with van der Waals surface area (Å²) in [5.41, 5.74) is 4.80. The van der Waals surface area contributed by atoms with E-state index in [1.165, 1.54) is 16.7 Å². The highest BCUT2D eigenvalue weighted by Crippen LogP contribution is 2.80. The molecule has 136 valence electrons. The van der Waals surface area contributed by atoms with Crippen molar-refractivity contribution in [1.29, 1.82) is 0 Å². The van der Waals surface area contributed by atoms with Crippen molar-refractivity contribution in [2.45, 2.75) is 17.9 Å². The molecule has 0 N–H and O–H groups in total. The van der Waals surface area contributed by atoms with E-state index in [1.807, 2.05) is 30.3 Å². The van der Waals surface area contributed by atoms with E-state index in [4.69, 9.17) is 0 Å². The first-order chi connectivity index (χ1) is 13.8. The number of hydrogen-bond donors (Lipinski definition) is 0. The lowest BCUT2D eigenvalue weighted by Gasteiger charge is -2.38. The van der Waals surface area contributed by atoms with Crippen molar-refractivity contribution in [2.75, 3.05) is 6.54 Å². The fourth-order valence-corrected chi connectivity index (χ4v) is 5.89. The van der Waals surface area contributed by atoms with Gasteiger partial charge in [-0.3, -0.25) is 4.79 Å². The zero-order valence-corrected chi connectivity index (χ0v) is 15.6. The van der Waals surface area contributed by atoms with Crippen LogP contribution in [0.3, 0.4) is 0 Å². The summed E-state index contributed by atoms with van der Waals surface area (Å²) < 4.78 is 0. The van der Waals surface area contributed by atoms with Gasteiger partial charge in [0.25, 0.3) is 5.91 Å². The molecule has 3 aromatic carbocycles. The molecule has 1 fully saturated rings. The molecule has 1 spiro atoms. The van der Waals surface area contributed by atoms with Gasteiger partial charge in [-0.15, -0.1) is 0 Å². The Morgan fingerprint density at radius 3 is 2.32 bits per heavy atom. The minimum absolute atomic E-state index is 0.0122. The molecule has 0 saturated heterocycles. The van der Waals surface area contributed by atoms with E-state index in [1.54, 1.807) is 0 Å². The van der Waals surface area contributed by atoms with Gasteiger partial charge < -0.3 is 4.90 Å². The molecule has 2 nitrogen and oxygen atoms in total. The molecule has 1 heterocycles. The van der Waals surface area contributed by atoms with Crippen LogP contribution >= 0.6 is 0 Å². The van der Waals surface area contributed by atoms with E-state index in [-0.39, 0.29) is 22.8 Å². The first-order valence-corrected chi connectivity index (χ1v) is 9.97. The minimum Gasteiger partial charge on any atom is -0.327 e. The van der Waals surface area contributed by atoms with Crippen molar-refractivity contribution >= 4 is 5.91 Å². The van der Waals surface area contributed by atoms with Crippen LogP contribution in [-0.2, 0) is 5.41 Å². The molecule has 3 unspecified atom stereocenters. The predicted octanol–water partition coefficient (Wildman–Crippen LogP) is 5.13. The number of carbonyl (C=O) groups excluding carboxylic acids is 1. The molecule has 2 heteroatoms. The number of hydrogen-bond acceptors (Lipinski definition) is 1. The lowest BCUT2D eigenvalue weighted by molar-refractivity contribution is 0.0627. The number of carbonyl (C=O) groups is 1. The summed E-state index contributed by atoms with van der Waals surface area (Å²) in [5, 5.41) is 0. The molecule has 6 rings (SSSR count). The third-order valence-electron chi connectivity index (χ3n) is 7.01. The number of nitrogens with zero attached hydrogens (tertiary/aromatic N) is 1. The highest BCUT2D eigenvalue weighted by molar-refractivity contribution is 5.95. The second-order valence-corrected chi connectivity index (χ2v) is 8.20. The number of amides is 1. The fraction of sp³-hybridized carbons (Fsp3) is 0.192. The van der Waals surface area contributed by atoms with Crippen molar-refractivity contribution in [1.82, 2.24) is 4.90 Å².